The number of rotatable bonds is 3. The molecule has 1 fully saturated rings. The summed E-state index contributed by atoms with van der Waals surface area (Å²) in [5.41, 5.74) is 1.14. The van der Waals surface area contributed by atoms with Crippen molar-refractivity contribution in [3.63, 3.8) is 0 Å². The second-order valence-electron chi connectivity index (χ2n) is 9.28. The Morgan fingerprint density at radius 1 is 1.26 bits per heavy atom. The summed E-state index contributed by atoms with van der Waals surface area (Å²) in [6, 6.07) is 9.52. The molecule has 2 aliphatic heterocycles. The van der Waals surface area contributed by atoms with Gasteiger partial charge in [0.2, 0.25) is 0 Å². The Bertz CT molecular complexity index is 957. The Labute approximate surface area is 188 Å². The van der Waals surface area contributed by atoms with Gasteiger partial charge in [-0.3, -0.25) is 4.98 Å². The maximum absolute atomic E-state index is 12.8. The Kier molecular flexibility index (Phi) is 5.77. The zero-order valence-electron chi connectivity index (χ0n) is 18.5. The van der Waals surface area contributed by atoms with Crippen molar-refractivity contribution in [1.82, 2.24) is 9.88 Å². The molecule has 2 unspecified atom stereocenters. The average molecular weight is 445 g/mol. The van der Waals surface area contributed by atoms with Crippen LogP contribution in [0.25, 0.3) is 0 Å². The minimum absolute atomic E-state index is 0.0548. The fraction of sp³-hybridized carbons (Fsp3) is 0.500. The number of hydrogen-bond acceptors (Lipinski definition) is 5. The molecule has 1 aromatic carbocycles. The van der Waals surface area contributed by atoms with Crippen LogP contribution in [0.5, 0.6) is 11.5 Å². The molecule has 0 spiro atoms. The molecule has 31 heavy (non-hydrogen) atoms. The van der Waals surface area contributed by atoms with Crippen LogP contribution in [-0.2, 0) is 16.9 Å². The molecule has 0 N–H and O–H groups in total. The van der Waals surface area contributed by atoms with Gasteiger partial charge in [0.15, 0.2) is 11.5 Å². The number of aromatic nitrogens is 1. The Hall–Kier alpha value is -2.47. The highest BCUT2D eigenvalue weighted by Crippen LogP contribution is 2.46. The summed E-state index contributed by atoms with van der Waals surface area (Å²) < 4.78 is 18.1. The number of amides is 1. The van der Waals surface area contributed by atoms with Crippen molar-refractivity contribution in [3.8, 4) is 11.5 Å². The number of carbonyl (C=O) groups excluding carboxylic acids is 1. The van der Waals surface area contributed by atoms with Crippen LogP contribution in [0.2, 0.25) is 5.02 Å². The van der Waals surface area contributed by atoms with E-state index >= 15 is 0 Å². The van der Waals surface area contributed by atoms with Crippen molar-refractivity contribution in [2.45, 2.75) is 70.8 Å². The number of halogens is 1. The highest BCUT2D eigenvalue weighted by Gasteiger charge is 2.42. The Balaban J connectivity index is 1.55. The summed E-state index contributed by atoms with van der Waals surface area (Å²) in [5.74, 6) is 0.355. The maximum Gasteiger partial charge on any atom is 0.410 e. The van der Waals surface area contributed by atoms with Crippen LogP contribution in [0.3, 0.4) is 0 Å². The van der Waals surface area contributed by atoms with Gasteiger partial charge in [-0.15, -0.1) is 0 Å². The van der Waals surface area contributed by atoms with Gasteiger partial charge in [0.25, 0.3) is 5.79 Å². The lowest BCUT2D eigenvalue weighted by Crippen LogP contribution is -2.47. The molecule has 166 valence electrons. The molecule has 2 aliphatic rings. The molecule has 1 amide bonds. The van der Waals surface area contributed by atoms with Crippen LogP contribution >= 0.6 is 11.6 Å². The third kappa shape index (κ3) is 4.74. The van der Waals surface area contributed by atoms with Crippen LogP contribution in [-0.4, -0.2) is 34.2 Å². The average Bonchev–Trinajstić information content (AvgIpc) is 3.06. The Morgan fingerprint density at radius 3 is 2.77 bits per heavy atom. The standard InChI is InChI=1S/C24H29ClN2O4/c1-23(2,3)31-22(28)27-13-6-5-9-18(27)14-16-8-7-10-19-21(16)30-24(4,29-19)20-12-11-17(25)15-26-20/h7-8,10-12,15,18H,5-6,9,13-14H2,1-4H3. The number of pyridine rings is 1. The summed E-state index contributed by atoms with van der Waals surface area (Å²) in [7, 11) is 0. The predicted molar refractivity (Wildman–Crippen MR) is 119 cm³/mol. The number of fused-ring (bicyclic) bond motifs is 1. The molecule has 0 saturated carbocycles. The molecular weight excluding hydrogens is 416 g/mol. The first kappa shape index (κ1) is 21.8. The lowest BCUT2D eigenvalue weighted by molar-refractivity contribution is -0.0722. The van der Waals surface area contributed by atoms with E-state index in [1.54, 1.807) is 18.3 Å². The smallest absolute Gasteiger partial charge is 0.410 e. The van der Waals surface area contributed by atoms with Gasteiger partial charge in [0.05, 0.1) is 5.02 Å². The van der Waals surface area contributed by atoms with Crippen LogP contribution in [0, 0.1) is 0 Å². The molecule has 0 radical (unpaired) electrons. The molecule has 2 atom stereocenters. The molecular formula is C24H29ClN2O4. The van der Waals surface area contributed by atoms with E-state index in [0.717, 1.165) is 24.8 Å². The van der Waals surface area contributed by atoms with E-state index in [9.17, 15) is 4.79 Å². The third-order valence-electron chi connectivity index (χ3n) is 5.57. The highest BCUT2D eigenvalue weighted by molar-refractivity contribution is 6.30. The van der Waals surface area contributed by atoms with Crippen LogP contribution in [0.4, 0.5) is 4.79 Å². The molecule has 1 saturated heterocycles. The SMILES string of the molecule is CC(C)(C)OC(=O)N1CCCCC1Cc1cccc2c1OC(C)(c1ccc(Cl)cn1)O2. The fourth-order valence-electron chi connectivity index (χ4n) is 4.12. The van der Waals surface area contributed by atoms with Crippen LogP contribution in [0.15, 0.2) is 36.5 Å². The summed E-state index contributed by atoms with van der Waals surface area (Å²) in [6.45, 7) is 8.24. The second-order valence-corrected chi connectivity index (χ2v) is 9.72. The summed E-state index contributed by atoms with van der Waals surface area (Å²) >= 11 is 5.98. The van der Waals surface area contributed by atoms with Gasteiger partial charge in [-0.2, -0.15) is 0 Å². The highest BCUT2D eigenvalue weighted by atomic mass is 35.5. The van der Waals surface area contributed by atoms with Gasteiger partial charge in [-0.1, -0.05) is 23.7 Å². The first-order valence-electron chi connectivity index (χ1n) is 10.8. The largest absolute Gasteiger partial charge is 0.444 e. The van der Waals surface area contributed by atoms with Crippen molar-refractivity contribution in [1.29, 1.82) is 0 Å². The number of likely N-dealkylation sites (tertiary alicyclic amines) is 1. The summed E-state index contributed by atoms with van der Waals surface area (Å²) in [5, 5.41) is 0.558. The zero-order valence-corrected chi connectivity index (χ0v) is 19.2. The fourth-order valence-corrected chi connectivity index (χ4v) is 4.23. The zero-order chi connectivity index (χ0) is 22.2. The number of benzene rings is 1. The first-order valence-corrected chi connectivity index (χ1v) is 11.1. The number of piperidine rings is 1. The molecule has 1 aromatic heterocycles. The molecule has 2 aromatic rings. The van der Waals surface area contributed by atoms with Crippen molar-refractivity contribution >= 4 is 17.7 Å². The van der Waals surface area contributed by atoms with Crippen molar-refractivity contribution in [2.24, 2.45) is 0 Å². The molecule has 0 bridgehead atoms. The number of para-hydroxylation sites is 1. The van der Waals surface area contributed by atoms with E-state index in [0.29, 0.717) is 35.2 Å². The van der Waals surface area contributed by atoms with Gasteiger partial charge < -0.3 is 19.1 Å². The number of nitrogens with zero attached hydrogens (tertiary/aromatic N) is 2. The molecule has 4 rings (SSSR count). The molecule has 0 aliphatic carbocycles. The first-order chi connectivity index (χ1) is 14.6. The molecule has 3 heterocycles. The van der Waals surface area contributed by atoms with Gasteiger partial charge >= 0.3 is 6.09 Å². The predicted octanol–water partition coefficient (Wildman–Crippen LogP) is 5.71. The van der Waals surface area contributed by atoms with Gasteiger partial charge in [-0.05, 0) is 64.7 Å². The third-order valence-corrected chi connectivity index (χ3v) is 5.79. The minimum Gasteiger partial charge on any atom is -0.444 e. The maximum atomic E-state index is 12.8. The van der Waals surface area contributed by atoms with E-state index in [2.05, 4.69) is 4.98 Å². The second kappa shape index (κ2) is 8.23. The topological polar surface area (TPSA) is 60.9 Å². The van der Waals surface area contributed by atoms with E-state index in [1.165, 1.54) is 0 Å². The number of hydrogen-bond donors (Lipinski definition) is 0. The summed E-state index contributed by atoms with van der Waals surface area (Å²) in [6.07, 6.45) is 5.01. The van der Waals surface area contributed by atoms with Crippen LogP contribution < -0.4 is 9.47 Å². The van der Waals surface area contributed by atoms with E-state index in [-0.39, 0.29) is 12.1 Å². The molecule has 7 heteroatoms. The Morgan fingerprint density at radius 2 is 2.06 bits per heavy atom. The minimum atomic E-state index is -1.03. The normalized spacial score (nSPS) is 23.0. The van der Waals surface area contributed by atoms with Gasteiger partial charge in [-0.25, -0.2) is 4.79 Å². The van der Waals surface area contributed by atoms with Gasteiger partial charge in [0.1, 0.15) is 11.3 Å². The monoisotopic (exact) mass is 444 g/mol. The quantitative estimate of drug-likeness (QED) is 0.606. The molecule has 6 nitrogen and oxygen atoms in total. The number of carbonyl (C=O) groups is 1. The lowest BCUT2D eigenvalue weighted by Gasteiger charge is -2.37. The summed E-state index contributed by atoms with van der Waals surface area (Å²) in [4.78, 5) is 19.0. The van der Waals surface area contributed by atoms with Crippen molar-refractivity contribution in [2.75, 3.05) is 6.54 Å². The van der Waals surface area contributed by atoms with Crippen molar-refractivity contribution < 1.29 is 19.0 Å². The van der Waals surface area contributed by atoms with E-state index in [4.69, 9.17) is 25.8 Å². The van der Waals surface area contributed by atoms with Gasteiger partial charge in [0, 0.05) is 31.3 Å². The number of ether oxygens (including phenoxy) is 3. The van der Waals surface area contributed by atoms with E-state index in [1.807, 2.05) is 50.8 Å². The van der Waals surface area contributed by atoms with Crippen LogP contribution in [0.1, 0.15) is 58.2 Å². The van der Waals surface area contributed by atoms with Crippen molar-refractivity contribution in [3.05, 3.63) is 52.8 Å². The lowest BCUT2D eigenvalue weighted by atomic mass is 9.95. The van der Waals surface area contributed by atoms with E-state index < -0.39 is 11.4 Å².